The van der Waals surface area contributed by atoms with E-state index < -0.39 is 6.09 Å². The maximum Gasteiger partial charge on any atom is 0.406 e. The molecule has 154 valence electrons. The van der Waals surface area contributed by atoms with Gasteiger partial charge < -0.3 is 25.4 Å². The maximum atomic E-state index is 11.9. The third kappa shape index (κ3) is 10.3. The van der Waals surface area contributed by atoms with Crippen LogP contribution in [-0.2, 0) is 32.0 Å². The minimum absolute atomic E-state index is 0.0331. The number of carbonyl (C=O) groups excluding carboxylic acids is 3. The Hall–Kier alpha value is -2.87. The van der Waals surface area contributed by atoms with E-state index in [1.165, 1.54) is 7.05 Å². The summed E-state index contributed by atoms with van der Waals surface area (Å²) in [5.41, 5.74) is 2.68. The van der Waals surface area contributed by atoms with Crippen molar-refractivity contribution in [3.8, 4) is 0 Å². The van der Waals surface area contributed by atoms with Gasteiger partial charge in [-0.05, 0) is 18.1 Å². The summed E-state index contributed by atoms with van der Waals surface area (Å²) < 4.78 is 10.0. The molecule has 0 spiro atoms. The van der Waals surface area contributed by atoms with Crippen LogP contribution in [0.4, 0.5) is 4.79 Å². The lowest BCUT2D eigenvalue weighted by Gasteiger charge is -2.08. The number of ketones is 1. The third-order valence-electron chi connectivity index (χ3n) is 3.77. The van der Waals surface area contributed by atoms with Crippen LogP contribution in [0.5, 0.6) is 0 Å². The molecule has 1 aromatic rings. The molecule has 3 N–H and O–H groups in total. The SMILES string of the molecule is CNC(=O)OCCCOCC(=O)NCc1ccc(CC(=O)/C=C(/C)NC)cc1. The van der Waals surface area contributed by atoms with Gasteiger partial charge in [0, 0.05) is 45.3 Å². The largest absolute Gasteiger partial charge is 0.449 e. The molecule has 1 aromatic carbocycles. The fourth-order valence-corrected chi connectivity index (χ4v) is 2.16. The Morgan fingerprint density at radius 3 is 2.32 bits per heavy atom. The number of rotatable bonds is 12. The van der Waals surface area contributed by atoms with Gasteiger partial charge in [-0.15, -0.1) is 0 Å². The zero-order valence-corrected chi connectivity index (χ0v) is 16.7. The van der Waals surface area contributed by atoms with Crippen LogP contribution in [0.3, 0.4) is 0 Å². The second kappa shape index (κ2) is 13.3. The minimum atomic E-state index is -0.488. The Labute approximate surface area is 165 Å². The van der Waals surface area contributed by atoms with Gasteiger partial charge in [-0.3, -0.25) is 9.59 Å². The molecule has 0 aromatic heterocycles. The molecule has 0 bridgehead atoms. The van der Waals surface area contributed by atoms with Crippen LogP contribution in [-0.4, -0.2) is 51.7 Å². The fourth-order valence-electron chi connectivity index (χ4n) is 2.16. The third-order valence-corrected chi connectivity index (χ3v) is 3.77. The summed E-state index contributed by atoms with van der Waals surface area (Å²) in [7, 11) is 3.26. The van der Waals surface area contributed by atoms with Crippen LogP contribution in [0.2, 0.25) is 0 Å². The van der Waals surface area contributed by atoms with E-state index >= 15 is 0 Å². The van der Waals surface area contributed by atoms with Crippen molar-refractivity contribution in [2.24, 2.45) is 0 Å². The quantitative estimate of drug-likeness (QED) is 0.366. The lowest BCUT2D eigenvalue weighted by atomic mass is 10.1. The van der Waals surface area contributed by atoms with Crippen LogP contribution >= 0.6 is 0 Å². The number of alkyl carbamates (subject to hydrolysis) is 1. The van der Waals surface area contributed by atoms with Crippen molar-refractivity contribution in [3.05, 3.63) is 47.2 Å². The summed E-state index contributed by atoms with van der Waals surface area (Å²) in [6.07, 6.45) is 1.95. The molecule has 0 radical (unpaired) electrons. The number of carbonyl (C=O) groups is 3. The molecule has 0 fully saturated rings. The molecule has 0 aliphatic rings. The number of ether oxygens (including phenoxy) is 2. The van der Waals surface area contributed by atoms with E-state index in [0.717, 1.165) is 16.8 Å². The first-order valence-electron chi connectivity index (χ1n) is 9.10. The summed E-state index contributed by atoms with van der Waals surface area (Å²) in [5, 5.41) is 8.02. The van der Waals surface area contributed by atoms with E-state index in [1.807, 2.05) is 31.2 Å². The molecule has 1 rings (SSSR count). The standard InChI is InChI=1S/C20H29N3O5/c1-15(21-2)11-18(24)12-16-5-7-17(8-6-16)13-23-19(25)14-27-9-4-10-28-20(26)22-3/h5-8,11,21H,4,9-10,12-14H2,1-3H3,(H,22,26)(H,23,25)/b15-11-. The Morgan fingerprint density at radius 1 is 1.00 bits per heavy atom. The predicted molar refractivity (Wildman–Crippen MR) is 106 cm³/mol. The molecule has 8 nitrogen and oxygen atoms in total. The molecule has 28 heavy (non-hydrogen) atoms. The van der Waals surface area contributed by atoms with Crippen molar-refractivity contribution in [1.29, 1.82) is 0 Å². The topological polar surface area (TPSA) is 106 Å². The molecule has 8 heteroatoms. The highest BCUT2D eigenvalue weighted by molar-refractivity contribution is 5.91. The summed E-state index contributed by atoms with van der Waals surface area (Å²) in [4.78, 5) is 34.5. The lowest BCUT2D eigenvalue weighted by Crippen LogP contribution is -2.27. The summed E-state index contributed by atoms with van der Waals surface area (Å²) >= 11 is 0. The average Bonchev–Trinajstić information content (AvgIpc) is 2.69. The van der Waals surface area contributed by atoms with Gasteiger partial charge in [-0.25, -0.2) is 4.79 Å². The molecular weight excluding hydrogens is 362 g/mol. The van der Waals surface area contributed by atoms with Crippen LogP contribution < -0.4 is 16.0 Å². The van der Waals surface area contributed by atoms with Crippen molar-refractivity contribution in [2.45, 2.75) is 26.3 Å². The molecule has 0 unspecified atom stereocenters. The van der Waals surface area contributed by atoms with Crippen molar-refractivity contribution in [2.75, 3.05) is 33.9 Å². The Bertz CT molecular complexity index is 671. The number of benzene rings is 1. The Balaban J connectivity index is 2.23. The molecule has 2 amide bonds. The first kappa shape index (κ1) is 23.2. The van der Waals surface area contributed by atoms with Gasteiger partial charge in [0.05, 0.1) is 13.2 Å². The smallest absolute Gasteiger partial charge is 0.406 e. The second-order valence-electron chi connectivity index (χ2n) is 6.11. The predicted octanol–water partition coefficient (Wildman–Crippen LogP) is 1.30. The van der Waals surface area contributed by atoms with E-state index in [-0.39, 0.29) is 24.9 Å². The van der Waals surface area contributed by atoms with Gasteiger partial charge in [-0.2, -0.15) is 0 Å². The molecule has 0 saturated heterocycles. The van der Waals surface area contributed by atoms with Crippen molar-refractivity contribution in [3.63, 3.8) is 0 Å². The van der Waals surface area contributed by atoms with Crippen LogP contribution in [0.15, 0.2) is 36.0 Å². The van der Waals surface area contributed by atoms with Gasteiger partial charge >= 0.3 is 6.09 Å². The monoisotopic (exact) mass is 391 g/mol. The molecule has 0 heterocycles. The highest BCUT2D eigenvalue weighted by Crippen LogP contribution is 2.06. The number of allylic oxidation sites excluding steroid dienone is 2. The summed E-state index contributed by atoms with van der Waals surface area (Å²) in [6, 6.07) is 7.53. The van der Waals surface area contributed by atoms with Crippen molar-refractivity contribution >= 4 is 17.8 Å². The number of hydrogen-bond acceptors (Lipinski definition) is 6. The van der Waals surface area contributed by atoms with Crippen LogP contribution in [0, 0.1) is 0 Å². The van der Waals surface area contributed by atoms with E-state index in [0.29, 0.717) is 26.0 Å². The summed E-state index contributed by atoms with van der Waals surface area (Å²) in [5.74, 6) is -0.190. The molecular formula is C20H29N3O5. The molecule has 0 atom stereocenters. The zero-order chi connectivity index (χ0) is 20.8. The van der Waals surface area contributed by atoms with Gasteiger partial charge in [0.25, 0.3) is 0 Å². The van der Waals surface area contributed by atoms with Crippen molar-refractivity contribution < 1.29 is 23.9 Å². The Kier molecular flexibility index (Phi) is 11.0. The summed E-state index contributed by atoms with van der Waals surface area (Å²) in [6.45, 7) is 2.74. The number of amides is 2. The van der Waals surface area contributed by atoms with E-state index in [2.05, 4.69) is 16.0 Å². The van der Waals surface area contributed by atoms with Gasteiger partial charge in [0.2, 0.25) is 5.91 Å². The molecule has 0 aliphatic heterocycles. The number of hydrogen-bond donors (Lipinski definition) is 3. The second-order valence-corrected chi connectivity index (χ2v) is 6.11. The zero-order valence-electron chi connectivity index (χ0n) is 16.7. The molecule has 0 aliphatic carbocycles. The van der Waals surface area contributed by atoms with Crippen molar-refractivity contribution in [1.82, 2.24) is 16.0 Å². The number of nitrogens with one attached hydrogen (secondary N) is 3. The van der Waals surface area contributed by atoms with Crippen LogP contribution in [0.25, 0.3) is 0 Å². The van der Waals surface area contributed by atoms with Gasteiger partial charge in [-0.1, -0.05) is 24.3 Å². The fraction of sp³-hybridized carbons (Fsp3) is 0.450. The first-order valence-corrected chi connectivity index (χ1v) is 9.10. The highest BCUT2D eigenvalue weighted by Gasteiger charge is 2.04. The van der Waals surface area contributed by atoms with E-state index in [9.17, 15) is 14.4 Å². The van der Waals surface area contributed by atoms with Crippen LogP contribution in [0.1, 0.15) is 24.5 Å². The van der Waals surface area contributed by atoms with Gasteiger partial charge in [0.1, 0.15) is 6.61 Å². The van der Waals surface area contributed by atoms with Gasteiger partial charge in [0.15, 0.2) is 5.78 Å². The minimum Gasteiger partial charge on any atom is -0.449 e. The highest BCUT2D eigenvalue weighted by atomic mass is 16.5. The first-order chi connectivity index (χ1) is 13.4. The average molecular weight is 391 g/mol. The molecule has 0 saturated carbocycles. The normalized spacial score (nSPS) is 10.9. The maximum absolute atomic E-state index is 11.9. The lowest BCUT2D eigenvalue weighted by molar-refractivity contribution is -0.126. The van der Waals surface area contributed by atoms with E-state index in [1.54, 1.807) is 13.1 Å². The van der Waals surface area contributed by atoms with E-state index in [4.69, 9.17) is 9.47 Å². The Morgan fingerprint density at radius 2 is 1.68 bits per heavy atom.